The number of amides is 1. The molecule has 0 aliphatic rings. The van der Waals surface area contributed by atoms with Gasteiger partial charge in [-0.15, -0.1) is 0 Å². The highest BCUT2D eigenvalue weighted by molar-refractivity contribution is 7.89. The van der Waals surface area contributed by atoms with Gasteiger partial charge in [0, 0.05) is 17.3 Å². The van der Waals surface area contributed by atoms with Crippen LogP contribution in [0.3, 0.4) is 0 Å². The van der Waals surface area contributed by atoms with Gasteiger partial charge in [-0.1, -0.05) is 73.5 Å². The Morgan fingerprint density at radius 3 is 1.97 bits per heavy atom. The van der Waals surface area contributed by atoms with Crippen molar-refractivity contribution >= 4 is 33.2 Å². The highest BCUT2D eigenvalue weighted by Gasteiger charge is 2.30. The molecule has 35 heavy (non-hydrogen) atoms. The molecule has 5 nitrogen and oxygen atoms in total. The summed E-state index contributed by atoms with van der Waals surface area (Å²) in [5.74, 6) is -0.374. The molecule has 0 saturated heterocycles. The van der Waals surface area contributed by atoms with Crippen LogP contribution in [-0.4, -0.2) is 25.2 Å². The zero-order chi connectivity index (χ0) is 25.8. The largest absolute Gasteiger partial charge is 0.324 e. The highest BCUT2D eigenvalue weighted by Crippen LogP contribution is 2.28. The maximum absolute atomic E-state index is 13.9. The Kier molecular flexibility index (Phi) is 8.75. The van der Waals surface area contributed by atoms with Crippen LogP contribution in [0.5, 0.6) is 0 Å². The van der Waals surface area contributed by atoms with Crippen molar-refractivity contribution in [1.29, 1.82) is 0 Å². The third-order valence-electron chi connectivity index (χ3n) is 6.06. The maximum Gasteiger partial charge on any atom is 0.244 e. The third kappa shape index (κ3) is 6.31. The molecule has 0 radical (unpaired) electrons. The molecule has 0 bridgehead atoms. The van der Waals surface area contributed by atoms with E-state index >= 15 is 0 Å². The van der Waals surface area contributed by atoms with Gasteiger partial charge < -0.3 is 5.32 Å². The highest BCUT2D eigenvalue weighted by atomic mass is 35.5. The number of anilines is 1. The predicted molar refractivity (Wildman–Crippen MR) is 144 cm³/mol. The van der Waals surface area contributed by atoms with E-state index in [9.17, 15) is 13.2 Å². The monoisotopic (exact) mass is 512 g/mol. The summed E-state index contributed by atoms with van der Waals surface area (Å²) in [6.07, 6.45) is 1.52. The van der Waals surface area contributed by atoms with Gasteiger partial charge in [0.15, 0.2) is 0 Å². The fraction of sp³-hybridized carbons (Fsp3) is 0.321. The van der Waals surface area contributed by atoms with Crippen LogP contribution < -0.4 is 5.32 Å². The van der Waals surface area contributed by atoms with E-state index in [2.05, 4.69) is 5.32 Å². The molecule has 0 aliphatic carbocycles. The first kappa shape index (κ1) is 26.9. The molecular weight excluding hydrogens is 480 g/mol. The van der Waals surface area contributed by atoms with Crippen molar-refractivity contribution in [2.45, 2.75) is 58.9 Å². The lowest BCUT2D eigenvalue weighted by atomic mass is 10.0. The SMILES string of the molecule is CCc1cccc(CC)c1NC(=O)CN(Cc1ccc(Cl)cc1)S(=O)(=O)c1c(C)cc(C)cc1C. The van der Waals surface area contributed by atoms with Crippen LogP contribution in [0, 0.1) is 20.8 Å². The summed E-state index contributed by atoms with van der Waals surface area (Å²) in [5, 5.41) is 3.57. The Hall–Kier alpha value is -2.67. The van der Waals surface area contributed by atoms with Gasteiger partial charge in [0.2, 0.25) is 15.9 Å². The van der Waals surface area contributed by atoms with Crippen molar-refractivity contribution in [3.8, 4) is 0 Å². The van der Waals surface area contributed by atoms with Gasteiger partial charge in [0.1, 0.15) is 0 Å². The number of carbonyl (C=O) groups excluding carboxylic acids is 1. The first-order chi connectivity index (χ1) is 16.6. The number of nitrogens with one attached hydrogen (secondary N) is 1. The van der Waals surface area contributed by atoms with Crippen LogP contribution in [0.1, 0.15) is 47.2 Å². The van der Waals surface area contributed by atoms with Crippen LogP contribution in [0.25, 0.3) is 0 Å². The molecule has 186 valence electrons. The minimum absolute atomic E-state index is 0.0513. The number of hydrogen-bond donors (Lipinski definition) is 1. The minimum atomic E-state index is -3.97. The normalized spacial score (nSPS) is 11.6. The minimum Gasteiger partial charge on any atom is -0.324 e. The van der Waals surface area contributed by atoms with E-state index in [1.165, 1.54) is 4.31 Å². The summed E-state index contributed by atoms with van der Waals surface area (Å²) in [6.45, 7) is 9.33. The number of sulfonamides is 1. The summed E-state index contributed by atoms with van der Waals surface area (Å²) in [7, 11) is -3.97. The fourth-order valence-electron chi connectivity index (χ4n) is 4.46. The average molecular weight is 513 g/mol. The molecule has 3 aromatic carbocycles. The zero-order valence-electron chi connectivity index (χ0n) is 21.0. The number of halogens is 1. The first-order valence-corrected chi connectivity index (χ1v) is 13.6. The van der Waals surface area contributed by atoms with Crippen molar-refractivity contribution in [1.82, 2.24) is 4.31 Å². The van der Waals surface area contributed by atoms with Crippen LogP contribution in [0.15, 0.2) is 59.5 Å². The second-order valence-electron chi connectivity index (χ2n) is 8.83. The van der Waals surface area contributed by atoms with Crippen LogP contribution in [-0.2, 0) is 34.2 Å². The van der Waals surface area contributed by atoms with Gasteiger partial charge in [0.05, 0.1) is 11.4 Å². The molecule has 7 heteroatoms. The van der Waals surface area contributed by atoms with Crippen molar-refractivity contribution in [2.24, 2.45) is 0 Å². The van der Waals surface area contributed by atoms with Gasteiger partial charge in [-0.05, 0) is 73.6 Å². The lowest BCUT2D eigenvalue weighted by Gasteiger charge is -2.25. The van der Waals surface area contributed by atoms with E-state index in [0.717, 1.165) is 40.8 Å². The lowest BCUT2D eigenvalue weighted by molar-refractivity contribution is -0.116. The quantitative estimate of drug-likeness (QED) is 0.370. The molecule has 0 aromatic heterocycles. The number of hydrogen-bond acceptors (Lipinski definition) is 3. The Morgan fingerprint density at radius 1 is 0.914 bits per heavy atom. The summed E-state index contributed by atoms with van der Waals surface area (Å²) >= 11 is 6.03. The van der Waals surface area contributed by atoms with Gasteiger partial charge in [0.25, 0.3) is 0 Å². The predicted octanol–water partition coefficient (Wildman–Crippen LogP) is 6.22. The van der Waals surface area contributed by atoms with Gasteiger partial charge in [-0.3, -0.25) is 4.79 Å². The Morgan fingerprint density at radius 2 is 1.46 bits per heavy atom. The molecule has 1 N–H and O–H groups in total. The van der Waals surface area contributed by atoms with Crippen molar-refractivity contribution in [3.63, 3.8) is 0 Å². The molecular formula is C28H33ClN2O3S. The second-order valence-corrected chi connectivity index (χ2v) is 11.1. The van der Waals surface area contributed by atoms with Crippen LogP contribution in [0.4, 0.5) is 5.69 Å². The number of aryl methyl sites for hydroxylation is 5. The standard InChI is InChI=1S/C28H33ClN2O3S/c1-6-23-9-8-10-24(7-2)27(23)30-26(32)18-31(17-22-11-13-25(29)14-12-22)35(33,34)28-20(4)15-19(3)16-21(28)5/h8-16H,6-7,17-18H2,1-5H3,(H,30,32). The van der Waals surface area contributed by atoms with Crippen molar-refractivity contribution < 1.29 is 13.2 Å². The topological polar surface area (TPSA) is 66.5 Å². The summed E-state index contributed by atoms with van der Waals surface area (Å²) in [6, 6.07) is 16.6. The Labute approximate surface area is 214 Å². The number of benzene rings is 3. The first-order valence-electron chi connectivity index (χ1n) is 11.8. The molecule has 0 aliphatic heterocycles. The molecule has 0 saturated carbocycles. The van der Waals surface area contributed by atoms with Crippen LogP contribution >= 0.6 is 11.6 Å². The second kappa shape index (κ2) is 11.4. The molecule has 3 aromatic rings. The van der Waals surface area contributed by atoms with Crippen molar-refractivity contribution in [2.75, 3.05) is 11.9 Å². The lowest BCUT2D eigenvalue weighted by Crippen LogP contribution is -2.38. The Bertz CT molecular complexity index is 1270. The molecule has 0 spiro atoms. The summed E-state index contributed by atoms with van der Waals surface area (Å²) in [5.41, 5.74) is 5.88. The summed E-state index contributed by atoms with van der Waals surface area (Å²) in [4.78, 5) is 13.5. The fourth-order valence-corrected chi connectivity index (χ4v) is 6.39. The van der Waals surface area contributed by atoms with E-state index in [4.69, 9.17) is 11.6 Å². The van der Waals surface area contributed by atoms with Gasteiger partial charge >= 0.3 is 0 Å². The van der Waals surface area contributed by atoms with Crippen molar-refractivity contribution in [3.05, 3.63) is 93.0 Å². The van der Waals surface area contributed by atoms with E-state index in [0.29, 0.717) is 16.1 Å². The number of rotatable bonds is 9. The molecule has 0 heterocycles. The van der Waals surface area contributed by atoms with E-state index < -0.39 is 10.0 Å². The Balaban J connectivity index is 2.00. The third-order valence-corrected chi connectivity index (χ3v) is 8.41. The maximum atomic E-state index is 13.9. The van der Waals surface area contributed by atoms with Gasteiger partial charge in [-0.2, -0.15) is 4.31 Å². The van der Waals surface area contributed by atoms with Crippen LogP contribution in [0.2, 0.25) is 5.02 Å². The zero-order valence-corrected chi connectivity index (χ0v) is 22.6. The molecule has 1 amide bonds. The van der Waals surface area contributed by atoms with E-state index in [-0.39, 0.29) is 23.9 Å². The molecule has 0 unspecified atom stereocenters. The summed E-state index contributed by atoms with van der Waals surface area (Å²) < 4.78 is 29.1. The van der Waals surface area contributed by atoms with Gasteiger partial charge in [-0.25, -0.2) is 8.42 Å². The smallest absolute Gasteiger partial charge is 0.244 e. The van der Waals surface area contributed by atoms with E-state index in [1.807, 2.05) is 51.1 Å². The molecule has 3 rings (SSSR count). The number of para-hydroxylation sites is 1. The molecule has 0 fully saturated rings. The average Bonchev–Trinajstić information content (AvgIpc) is 2.79. The van der Waals surface area contributed by atoms with E-state index in [1.54, 1.807) is 38.1 Å². The number of nitrogens with zero attached hydrogens (tertiary/aromatic N) is 1. The molecule has 0 atom stereocenters. The number of carbonyl (C=O) groups is 1.